The minimum Gasteiger partial charge on any atom is -0.497 e. The highest BCUT2D eigenvalue weighted by molar-refractivity contribution is 6.07. The Hall–Kier alpha value is -3.62. The number of methoxy groups -OCH3 is 3. The summed E-state index contributed by atoms with van der Waals surface area (Å²) in [5.41, 5.74) is 2.67. The van der Waals surface area contributed by atoms with Crippen LogP contribution in [0.2, 0.25) is 0 Å². The molecule has 2 aromatic carbocycles. The molecular formula is C24H27N3O5. The third-order valence-electron chi connectivity index (χ3n) is 4.56. The van der Waals surface area contributed by atoms with Gasteiger partial charge in [-0.3, -0.25) is 4.79 Å². The number of pyridine rings is 1. The Labute approximate surface area is 187 Å². The van der Waals surface area contributed by atoms with Crippen LogP contribution in [0.3, 0.4) is 0 Å². The number of hydrogen-bond donors (Lipinski definition) is 2. The lowest BCUT2D eigenvalue weighted by Crippen LogP contribution is -2.18. The number of hydrogen-bond acceptors (Lipinski definition) is 7. The largest absolute Gasteiger partial charge is 0.497 e. The molecule has 32 heavy (non-hydrogen) atoms. The van der Waals surface area contributed by atoms with E-state index in [1.165, 1.54) is 0 Å². The molecule has 0 aliphatic carbocycles. The van der Waals surface area contributed by atoms with Gasteiger partial charge in [0.15, 0.2) is 6.79 Å². The van der Waals surface area contributed by atoms with Crippen molar-refractivity contribution < 1.29 is 23.7 Å². The normalized spacial score (nSPS) is 10.5. The molecule has 1 heterocycles. The lowest BCUT2D eigenvalue weighted by molar-refractivity contribution is 0.0511. The minimum atomic E-state index is -0.277. The van der Waals surface area contributed by atoms with Gasteiger partial charge in [0.05, 0.1) is 25.0 Å². The van der Waals surface area contributed by atoms with Crippen LogP contribution in [0, 0.1) is 0 Å². The Morgan fingerprint density at radius 2 is 1.75 bits per heavy atom. The molecule has 0 aliphatic heterocycles. The number of carbonyl (C=O) groups is 1. The first-order chi connectivity index (χ1) is 15.6. The van der Waals surface area contributed by atoms with Crippen LogP contribution in [0.4, 0.5) is 11.5 Å². The van der Waals surface area contributed by atoms with Crippen molar-refractivity contribution in [1.82, 2.24) is 4.98 Å². The Balaban J connectivity index is 1.84. The van der Waals surface area contributed by atoms with Crippen molar-refractivity contribution >= 4 is 17.4 Å². The summed E-state index contributed by atoms with van der Waals surface area (Å²) < 4.78 is 20.7. The Morgan fingerprint density at radius 3 is 2.47 bits per heavy atom. The predicted molar refractivity (Wildman–Crippen MR) is 123 cm³/mol. The van der Waals surface area contributed by atoms with Gasteiger partial charge in [-0.15, -0.1) is 0 Å². The second-order valence-corrected chi connectivity index (χ2v) is 6.77. The van der Waals surface area contributed by atoms with Crippen LogP contribution < -0.4 is 20.1 Å². The van der Waals surface area contributed by atoms with Gasteiger partial charge >= 0.3 is 0 Å². The van der Waals surface area contributed by atoms with Gasteiger partial charge in [0.1, 0.15) is 17.3 Å². The number of ether oxygens (including phenoxy) is 4. The van der Waals surface area contributed by atoms with Crippen molar-refractivity contribution in [3.63, 3.8) is 0 Å². The molecule has 0 fully saturated rings. The lowest BCUT2D eigenvalue weighted by Gasteiger charge is -2.14. The van der Waals surface area contributed by atoms with Gasteiger partial charge in [-0.2, -0.15) is 0 Å². The Kier molecular flexibility index (Phi) is 8.42. The third kappa shape index (κ3) is 6.19. The summed E-state index contributed by atoms with van der Waals surface area (Å²) in [7, 11) is 4.77. The van der Waals surface area contributed by atoms with Crippen molar-refractivity contribution in [2.45, 2.75) is 0 Å². The first-order valence-corrected chi connectivity index (χ1v) is 10.1. The predicted octanol–water partition coefficient (Wildman–Crippen LogP) is 4.05. The monoisotopic (exact) mass is 437 g/mol. The van der Waals surface area contributed by atoms with Gasteiger partial charge in [-0.05, 0) is 48.5 Å². The van der Waals surface area contributed by atoms with Gasteiger partial charge < -0.3 is 29.6 Å². The maximum atomic E-state index is 13.0. The third-order valence-corrected chi connectivity index (χ3v) is 4.56. The number of rotatable bonds is 11. The van der Waals surface area contributed by atoms with Crippen molar-refractivity contribution in [3.8, 4) is 22.8 Å². The van der Waals surface area contributed by atoms with E-state index < -0.39 is 0 Å². The zero-order chi connectivity index (χ0) is 22.8. The van der Waals surface area contributed by atoms with Crippen LogP contribution in [-0.2, 0) is 9.47 Å². The number of benzene rings is 2. The fourth-order valence-electron chi connectivity index (χ4n) is 2.96. The summed E-state index contributed by atoms with van der Waals surface area (Å²) in [5.74, 6) is 1.55. The second kappa shape index (κ2) is 11.7. The smallest absolute Gasteiger partial charge is 0.259 e. The van der Waals surface area contributed by atoms with Gasteiger partial charge in [-0.25, -0.2) is 4.98 Å². The van der Waals surface area contributed by atoms with E-state index in [9.17, 15) is 4.79 Å². The molecule has 0 radical (unpaired) electrons. The molecular weight excluding hydrogens is 410 g/mol. The fraction of sp³-hybridized carbons (Fsp3) is 0.250. The van der Waals surface area contributed by atoms with Gasteiger partial charge in [0.25, 0.3) is 5.91 Å². The molecule has 2 N–H and O–H groups in total. The van der Waals surface area contributed by atoms with Gasteiger partial charge in [0.2, 0.25) is 0 Å². The van der Waals surface area contributed by atoms with E-state index in [2.05, 4.69) is 15.6 Å². The average Bonchev–Trinajstić information content (AvgIpc) is 2.83. The molecule has 1 amide bonds. The number of aromatic nitrogens is 1. The molecule has 0 saturated carbocycles. The summed E-state index contributed by atoms with van der Waals surface area (Å²) in [5, 5.41) is 6.08. The van der Waals surface area contributed by atoms with E-state index in [1.54, 1.807) is 39.5 Å². The van der Waals surface area contributed by atoms with Crippen molar-refractivity contribution in [2.75, 3.05) is 51.9 Å². The van der Waals surface area contributed by atoms with E-state index in [0.29, 0.717) is 41.7 Å². The van der Waals surface area contributed by atoms with Gasteiger partial charge in [-0.1, -0.05) is 6.07 Å². The van der Waals surface area contributed by atoms with E-state index in [1.807, 2.05) is 42.5 Å². The molecule has 0 spiro atoms. The highest BCUT2D eigenvalue weighted by Crippen LogP contribution is 2.25. The van der Waals surface area contributed by atoms with E-state index >= 15 is 0 Å². The van der Waals surface area contributed by atoms with Crippen molar-refractivity contribution in [3.05, 3.63) is 66.2 Å². The van der Waals surface area contributed by atoms with Crippen LogP contribution in [0.5, 0.6) is 11.5 Å². The molecule has 1 aromatic heterocycles. The van der Waals surface area contributed by atoms with Crippen molar-refractivity contribution in [2.24, 2.45) is 0 Å². The van der Waals surface area contributed by atoms with Crippen LogP contribution in [-0.4, -0.2) is 52.2 Å². The highest BCUT2D eigenvalue weighted by Gasteiger charge is 2.15. The maximum absolute atomic E-state index is 13.0. The first kappa shape index (κ1) is 23.1. The topological polar surface area (TPSA) is 90.9 Å². The number of anilines is 2. The van der Waals surface area contributed by atoms with E-state index in [-0.39, 0.29) is 12.7 Å². The molecule has 3 rings (SSSR count). The first-order valence-electron chi connectivity index (χ1n) is 10.1. The second-order valence-electron chi connectivity index (χ2n) is 6.77. The Morgan fingerprint density at radius 1 is 0.938 bits per heavy atom. The lowest BCUT2D eigenvalue weighted by atomic mass is 10.1. The maximum Gasteiger partial charge on any atom is 0.259 e. The van der Waals surface area contributed by atoms with Crippen LogP contribution in [0.15, 0.2) is 60.7 Å². The molecule has 0 aliphatic rings. The van der Waals surface area contributed by atoms with Crippen LogP contribution in [0.25, 0.3) is 11.3 Å². The number of nitrogens with one attached hydrogen (secondary N) is 2. The zero-order valence-corrected chi connectivity index (χ0v) is 18.4. The van der Waals surface area contributed by atoms with Crippen LogP contribution in [0.1, 0.15) is 10.4 Å². The summed E-state index contributed by atoms with van der Waals surface area (Å²) in [6.07, 6.45) is 0. The quantitative estimate of drug-likeness (QED) is 0.345. The zero-order valence-electron chi connectivity index (χ0n) is 18.4. The number of carbonyl (C=O) groups excluding carboxylic acids is 1. The van der Waals surface area contributed by atoms with Crippen LogP contribution >= 0.6 is 0 Å². The highest BCUT2D eigenvalue weighted by atomic mass is 16.7. The number of nitrogens with zero attached hydrogens (tertiary/aromatic N) is 1. The summed E-state index contributed by atoms with van der Waals surface area (Å²) in [6, 6.07) is 18.2. The minimum absolute atomic E-state index is 0.183. The molecule has 0 unspecified atom stereocenters. The Bertz CT molecular complexity index is 1020. The van der Waals surface area contributed by atoms with Gasteiger partial charge in [0, 0.05) is 38.1 Å². The molecule has 8 heteroatoms. The summed E-state index contributed by atoms with van der Waals surface area (Å²) in [6.45, 7) is 1.17. The molecule has 8 nitrogen and oxygen atoms in total. The standard InChI is InChI=1S/C24H27N3O5/c1-29-14-13-25-23-21(24(28)26-18-5-4-6-20(15-18)31-3)11-12-22(27-23)17-7-9-19(10-8-17)32-16-30-2/h4-12,15H,13-14,16H2,1-3H3,(H,25,27)(H,26,28). The number of amides is 1. The summed E-state index contributed by atoms with van der Waals surface area (Å²) >= 11 is 0. The van der Waals surface area contributed by atoms with E-state index in [0.717, 1.165) is 11.3 Å². The van der Waals surface area contributed by atoms with Crippen molar-refractivity contribution in [1.29, 1.82) is 0 Å². The fourth-order valence-corrected chi connectivity index (χ4v) is 2.96. The molecule has 168 valence electrons. The molecule has 0 bridgehead atoms. The molecule has 0 atom stereocenters. The molecule has 0 saturated heterocycles. The van der Waals surface area contributed by atoms with E-state index in [4.69, 9.17) is 18.9 Å². The average molecular weight is 437 g/mol. The molecule has 3 aromatic rings. The SMILES string of the molecule is COCCNc1nc(-c2ccc(OCOC)cc2)ccc1C(=O)Nc1cccc(OC)c1. The summed E-state index contributed by atoms with van der Waals surface area (Å²) in [4.78, 5) is 17.7.